The van der Waals surface area contributed by atoms with Crippen LogP contribution in [0.3, 0.4) is 0 Å². The van der Waals surface area contributed by atoms with Crippen LogP contribution < -0.4 is 4.74 Å². The molecule has 1 fully saturated rings. The first-order chi connectivity index (χ1) is 15.0. The molecule has 1 aromatic rings. The third-order valence-corrected chi connectivity index (χ3v) is 6.94. The minimum Gasteiger partial charge on any atom is -0.494 e. The van der Waals surface area contributed by atoms with Gasteiger partial charge in [0.25, 0.3) is 0 Å². The zero-order valence-corrected chi connectivity index (χ0v) is 19.1. The number of benzene rings is 1. The third kappa shape index (κ3) is 6.81. The van der Waals surface area contributed by atoms with Crippen LogP contribution in [-0.2, 0) is 4.79 Å². The van der Waals surface area contributed by atoms with E-state index in [1.165, 1.54) is 5.57 Å². The number of rotatable bonds is 12. The van der Waals surface area contributed by atoms with Gasteiger partial charge in [0.15, 0.2) is 0 Å². The molecule has 0 bridgehead atoms. The van der Waals surface area contributed by atoms with Crippen LogP contribution >= 0.6 is 0 Å². The van der Waals surface area contributed by atoms with Gasteiger partial charge in [-0.25, -0.2) is 0 Å². The molecule has 2 aliphatic rings. The Morgan fingerprint density at radius 2 is 1.94 bits per heavy atom. The number of allylic oxidation sites excluding steroid dienone is 2. The summed E-state index contributed by atoms with van der Waals surface area (Å²) in [5.74, 6) is 1.81. The van der Waals surface area contributed by atoms with Gasteiger partial charge in [0.05, 0.1) is 18.8 Å². The van der Waals surface area contributed by atoms with Gasteiger partial charge in [0.1, 0.15) is 5.75 Å². The lowest BCUT2D eigenvalue weighted by atomic mass is 9.83. The van der Waals surface area contributed by atoms with Gasteiger partial charge in [-0.1, -0.05) is 29.8 Å². The summed E-state index contributed by atoms with van der Waals surface area (Å²) in [6, 6.07) is 9.80. The summed E-state index contributed by atoms with van der Waals surface area (Å²) >= 11 is 0. The quantitative estimate of drug-likeness (QED) is 0.386. The molecule has 0 aromatic heterocycles. The molecule has 1 amide bonds. The van der Waals surface area contributed by atoms with Crippen LogP contribution in [0.5, 0.6) is 5.75 Å². The number of nitrogens with zero attached hydrogens (tertiary/aromatic N) is 1. The van der Waals surface area contributed by atoms with Crippen LogP contribution in [0.25, 0.3) is 0 Å². The Bertz CT molecular complexity index is 717. The molecular formula is C26H39NO4. The highest BCUT2D eigenvalue weighted by Gasteiger charge is 2.47. The average molecular weight is 430 g/mol. The standard InChI is InChI=1S/C26H39NO4/c1-27(2)25(30)14-7-6-10-19-16-20-18-24(29)26(22(20)17-19)23(28)13-8-9-15-31-21-11-4-3-5-12-21/h3-5,11-12,16,20,22-24,26,28-29H,6-10,13-15,17-18H2,1-2H3/t20-,22-,23+,24+,26-/m0/s1. The third-order valence-electron chi connectivity index (χ3n) is 6.94. The first-order valence-electron chi connectivity index (χ1n) is 11.9. The summed E-state index contributed by atoms with van der Waals surface area (Å²) in [5.41, 5.74) is 1.45. The molecule has 0 spiro atoms. The fourth-order valence-corrected chi connectivity index (χ4v) is 5.27. The van der Waals surface area contributed by atoms with Crippen LogP contribution in [0.15, 0.2) is 42.0 Å². The second-order valence-corrected chi connectivity index (χ2v) is 9.46. The Kier molecular flexibility index (Phi) is 8.97. The van der Waals surface area contributed by atoms with Crippen molar-refractivity contribution in [2.45, 2.75) is 70.0 Å². The van der Waals surface area contributed by atoms with Gasteiger partial charge in [0, 0.05) is 26.4 Å². The van der Waals surface area contributed by atoms with E-state index in [0.29, 0.717) is 31.3 Å². The molecule has 0 unspecified atom stereocenters. The maximum atomic E-state index is 11.7. The normalized spacial score (nSPS) is 25.7. The molecule has 2 N–H and O–H groups in total. The first-order valence-corrected chi connectivity index (χ1v) is 11.9. The molecule has 2 aliphatic carbocycles. The van der Waals surface area contributed by atoms with Gasteiger partial charge in [-0.15, -0.1) is 0 Å². The number of fused-ring (bicyclic) bond motifs is 1. The van der Waals surface area contributed by atoms with Gasteiger partial charge >= 0.3 is 0 Å². The lowest BCUT2D eigenvalue weighted by Gasteiger charge is -2.27. The number of hydrogen-bond acceptors (Lipinski definition) is 4. The van der Waals surface area contributed by atoms with Crippen LogP contribution in [0, 0.1) is 17.8 Å². The van der Waals surface area contributed by atoms with E-state index >= 15 is 0 Å². The smallest absolute Gasteiger partial charge is 0.222 e. The van der Waals surface area contributed by atoms with E-state index in [0.717, 1.165) is 50.7 Å². The number of ether oxygens (including phenoxy) is 1. The van der Waals surface area contributed by atoms with E-state index < -0.39 is 12.2 Å². The van der Waals surface area contributed by atoms with E-state index in [9.17, 15) is 15.0 Å². The number of unbranched alkanes of at least 4 members (excludes halogenated alkanes) is 2. The molecule has 3 rings (SSSR count). The molecule has 0 heterocycles. The van der Waals surface area contributed by atoms with E-state index in [2.05, 4.69) is 6.08 Å². The molecule has 0 aliphatic heterocycles. The van der Waals surface area contributed by atoms with Gasteiger partial charge in [-0.05, 0) is 75.3 Å². The van der Waals surface area contributed by atoms with Crippen molar-refractivity contribution in [1.29, 1.82) is 0 Å². The number of amides is 1. The predicted octanol–water partition coefficient (Wildman–Crippen LogP) is 4.19. The van der Waals surface area contributed by atoms with Gasteiger partial charge < -0.3 is 19.8 Å². The Morgan fingerprint density at radius 3 is 2.68 bits per heavy atom. The SMILES string of the molecule is CN(C)C(=O)CCCCC1=C[C@H]2C[C@@H](O)[C@H]([C@H](O)CCCCOc3ccccc3)[C@H]2C1. The Balaban J connectivity index is 1.36. The van der Waals surface area contributed by atoms with Crippen LogP contribution in [0.4, 0.5) is 0 Å². The zero-order valence-electron chi connectivity index (χ0n) is 19.1. The lowest BCUT2D eigenvalue weighted by Crippen LogP contribution is -2.32. The highest BCUT2D eigenvalue weighted by atomic mass is 16.5. The largest absolute Gasteiger partial charge is 0.494 e. The molecule has 5 atom stereocenters. The van der Waals surface area contributed by atoms with Crippen molar-refractivity contribution in [3.05, 3.63) is 42.0 Å². The first kappa shape index (κ1) is 23.8. The molecule has 5 heteroatoms. The fraction of sp³-hybridized carbons (Fsp3) is 0.654. The molecule has 1 saturated carbocycles. The predicted molar refractivity (Wildman–Crippen MR) is 123 cm³/mol. The molecule has 1 aromatic carbocycles. The van der Waals surface area contributed by atoms with E-state index in [1.54, 1.807) is 19.0 Å². The number of hydrogen-bond donors (Lipinski definition) is 2. The summed E-state index contributed by atoms with van der Waals surface area (Å²) in [7, 11) is 3.60. The number of para-hydroxylation sites is 1. The number of carbonyl (C=O) groups excluding carboxylic acids is 1. The minimum absolute atomic E-state index is 0.0240. The van der Waals surface area contributed by atoms with Crippen molar-refractivity contribution in [2.75, 3.05) is 20.7 Å². The van der Waals surface area contributed by atoms with Crippen molar-refractivity contribution < 1.29 is 19.7 Å². The molecule has 31 heavy (non-hydrogen) atoms. The number of aliphatic hydroxyl groups excluding tert-OH is 2. The van der Waals surface area contributed by atoms with E-state index in [-0.39, 0.29) is 11.8 Å². The van der Waals surface area contributed by atoms with Crippen LogP contribution in [-0.4, -0.2) is 53.9 Å². The van der Waals surface area contributed by atoms with Gasteiger partial charge in [-0.3, -0.25) is 4.79 Å². The Morgan fingerprint density at radius 1 is 1.16 bits per heavy atom. The molecular weight excluding hydrogens is 390 g/mol. The second kappa shape index (κ2) is 11.7. The van der Waals surface area contributed by atoms with Crippen molar-refractivity contribution in [2.24, 2.45) is 17.8 Å². The molecule has 172 valence electrons. The maximum absolute atomic E-state index is 11.7. The summed E-state index contributed by atoms with van der Waals surface area (Å²) in [5, 5.41) is 21.4. The minimum atomic E-state index is -0.452. The zero-order chi connectivity index (χ0) is 22.2. The highest BCUT2D eigenvalue weighted by Crippen LogP contribution is 2.49. The van der Waals surface area contributed by atoms with Crippen molar-refractivity contribution in [3.8, 4) is 5.75 Å². The number of carbonyl (C=O) groups is 1. The summed E-state index contributed by atoms with van der Waals surface area (Å²) < 4.78 is 5.73. The highest BCUT2D eigenvalue weighted by molar-refractivity contribution is 5.75. The molecule has 5 nitrogen and oxygen atoms in total. The average Bonchev–Trinajstić information content (AvgIpc) is 3.27. The van der Waals surface area contributed by atoms with Crippen LogP contribution in [0.2, 0.25) is 0 Å². The monoisotopic (exact) mass is 429 g/mol. The van der Waals surface area contributed by atoms with Crippen LogP contribution in [0.1, 0.15) is 57.8 Å². The Hall–Kier alpha value is -1.85. The summed E-state index contributed by atoms with van der Waals surface area (Å²) in [6.45, 7) is 0.651. The number of aliphatic hydroxyl groups is 2. The summed E-state index contributed by atoms with van der Waals surface area (Å²) in [4.78, 5) is 13.4. The summed E-state index contributed by atoms with van der Waals surface area (Å²) in [6.07, 6.45) is 9.36. The Labute approximate surface area is 187 Å². The van der Waals surface area contributed by atoms with Gasteiger partial charge in [0.2, 0.25) is 5.91 Å². The van der Waals surface area contributed by atoms with Crippen molar-refractivity contribution in [1.82, 2.24) is 4.90 Å². The molecule has 0 saturated heterocycles. The van der Waals surface area contributed by atoms with E-state index in [4.69, 9.17) is 4.74 Å². The van der Waals surface area contributed by atoms with Gasteiger partial charge in [-0.2, -0.15) is 0 Å². The maximum Gasteiger partial charge on any atom is 0.222 e. The van der Waals surface area contributed by atoms with E-state index in [1.807, 2.05) is 30.3 Å². The van der Waals surface area contributed by atoms with Crippen molar-refractivity contribution in [3.63, 3.8) is 0 Å². The lowest BCUT2D eigenvalue weighted by molar-refractivity contribution is -0.128. The topological polar surface area (TPSA) is 70.0 Å². The van der Waals surface area contributed by atoms with Crippen molar-refractivity contribution >= 4 is 5.91 Å². The second-order valence-electron chi connectivity index (χ2n) is 9.46. The fourth-order valence-electron chi connectivity index (χ4n) is 5.27. The molecule has 0 radical (unpaired) electrons.